The van der Waals surface area contributed by atoms with Crippen molar-refractivity contribution in [3.8, 4) is 5.88 Å². The minimum atomic E-state index is 0.608. The zero-order chi connectivity index (χ0) is 15.4. The summed E-state index contributed by atoms with van der Waals surface area (Å²) in [6.07, 6.45) is 5.85. The van der Waals surface area contributed by atoms with Crippen molar-refractivity contribution < 1.29 is 4.74 Å². The molecule has 3 rings (SSSR count). The minimum absolute atomic E-state index is 0.608. The van der Waals surface area contributed by atoms with Gasteiger partial charge in [0.15, 0.2) is 0 Å². The largest absolute Gasteiger partial charge is 0.477 e. The zero-order valence-electron chi connectivity index (χ0n) is 13.3. The highest BCUT2D eigenvalue weighted by Crippen LogP contribution is 2.20. The fraction of sp³-hybridized carbons (Fsp3) is 0.562. The lowest BCUT2D eigenvalue weighted by molar-refractivity contribution is 0.131. The number of rotatable bonds is 5. The summed E-state index contributed by atoms with van der Waals surface area (Å²) >= 11 is 0. The third kappa shape index (κ3) is 3.62. The first kappa shape index (κ1) is 15.0. The summed E-state index contributed by atoms with van der Waals surface area (Å²) in [5, 5.41) is 8.09. The summed E-state index contributed by atoms with van der Waals surface area (Å²) < 4.78 is 7.87. The summed E-state index contributed by atoms with van der Waals surface area (Å²) in [6.45, 7) is 5.84. The molecule has 0 amide bonds. The second-order valence-electron chi connectivity index (χ2n) is 6.01. The van der Waals surface area contributed by atoms with Gasteiger partial charge in [-0.15, -0.1) is 10.2 Å². The maximum atomic E-state index is 5.88. The van der Waals surface area contributed by atoms with Crippen molar-refractivity contribution in [2.75, 3.05) is 19.7 Å². The third-order valence-electron chi connectivity index (χ3n) is 4.29. The van der Waals surface area contributed by atoms with E-state index >= 15 is 0 Å². The van der Waals surface area contributed by atoms with Crippen LogP contribution in [0.15, 0.2) is 24.7 Å². The molecule has 0 unspecified atom stereocenters. The highest BCUT2D eigenvalue weighted by molar-refractivity contribution is 5.23. The molecule has 0 atom stereocenters. The second kappa shape index (κ2) is 6.87. The van der Waals surface area contributed by atoms with Crippen molar-refractivity contribution in [2.45, 2.75) is 26.3 Å². The van der Waals surface area contributed by atoms with Crippen LogP contribution in [0, 0.1) is 12.8 Å². The van der Waals surface area contributed by atoms with Gasteiger partial charge in [-0.05, 0) is 44.8 Å². The number of ether oxygens (including phenoxy) is 1. The maximum absolute atomic E-state index is 5.88. The molecular weight excluding hydrogens is 278 g/mol. The van der Waals surface area contributed by atoms with E-state index in [1.165, 1.54) is 0 Å². The molecule has 118 valence electrons. The van der Waals surface area contributed by atoms with Crippen molar-refractivity contribution in [1.82, 2.24) is 24.6 Å². The van der Waals surface area contributed by atoms with Crippen molar-refractivity contribution in [3.05, 3.63) is 36.0 Å². The van der Waals surface area contributed by atoms with Crippen LogP contribution in [-0.2, 0) is 13.6 Å². The molecular formula is C16H23N5O. The molecule has 6 nitrogen and oxygen atoms in total. The Kier molecular flexibility index (Phi) is 4.68. The van der Waals surface area contributed by atoms with Crippen LogP contribution < -0.4 is 4.74 Å². The van der Waals surface area contributed by atoms with Gasteiger partial charge in [0.2, 0.25) is 5.88 Å². The molecule has 2 aromatic rings. The van der Waals surface area contributed by atoms with Crippen LogP contribution in [0.2, 0.25) is 0 Å². The Balaban J connectivity index is 1.44. The van der Waals surface area contributed by atoms with E-state index < -0.39 is 0 Å². The average molecular weight is 301 g/mol. The lowest BCUT2D eigenvalue weighted by atomic mass is 9.98. The summed E-state index contributed by atoms with van der Waals surface area (Å²) in [7, 11) is 1.99. The summed E-state index contributed by atoms with van der Waals surface area (Å²) in [5.74, 6) is 2.40. The molecule has 1 aliphatic heterocycles. The number of nitrogens with zero attached hydrogens (tertiary/aromatic N) is 5. The van der Waals surface area contributed by atoms with E-state index in [4.69, 9.17) is 4.74 Å². The Hall–Kier alpha value is -1.95. The van der Waals surface area contributed by atoms with E-state index in [-0.39, 0.29) is 0 Å². The fourth-order valence-electron chi connectivity index (χ4n) is 2.78. The Morgan fingerprint density at radius 3 is 2.82 bits per heavy atom. The molecule has 0 spiro atoms. The molecule has 0 aromatic carbocycles. The fourth-order valence-corrected chi connectivity index (χ4v) is 2.78. The van der Waals surface area contributed by atoms with E-state index in [9.17, 15) is 0 Å². The van der Waals surface area contributed by atoms with Gasteiger partial charge in [0.1, 0.15) is 12.2 Å². The first-order chi connectivity index (χ1) is 10.7. The standard InChI is InChI=1S/C16H23N5O/c1-13-4-3-7-17-16(13)22-11-14-5-8-21(9-6-14)10-15-19-18-12-20(15)2/h3-4,7,12,14H,5-6,8-11H2,1-2H3. The Morgan fingerprint density at radius 2 is 2.14 bits per heavy atom. The van der Waals surface area contributed by atoms with Gasteiger partial charge in [-0.2, -0.15) is 0 Å². The number of aryl methyl sites for hydroxylation is 2. The Bertz CT molecular complexity index is 604. The number of likely N-dealkylation sites (tertiary alicyclic amines) is 1. The van der Waals surface area contributed by atoms with Crippen molar-refractivity contribution in [3.63, 3.8) is 0 Å². The van der Waals surface area contributed by atoms with Crippen LogP contribution >= 0.6 is 0 Å². The van der Waals surface area contributed by atoms with Crippen LogP contribution in [0.1, 0.15) is 24.2 Å². The quantitative estimate of drug-likeness (QED) is 0.843. The summed E-state index contributed by atoms with van der Waals surface area (Å²) in [5.41, 5.74) is 1.10. The molecule has 0 bridgehead atoms. The average Bonchev–Trinajstić information content (AvgIpc) is 2.93. The zero-order valence-corrected chi connectivity index (χ0v) is 13.3. The molecule has 0 radical (unpaired) electrons. The highest BCUT2D eigenvalue weighted by Gasteiger charge is 2.21. The lowest BCUT2D eigenvalue weighted by Crippen LogP contribution is -2.35. The predicted molar refractivity (Wildman–Crippen MR) is 83.5 cm³/mol. The molecule has 0 N–H and O–H groups in total. The van der Waals surface area contributed by atoms with Gasteiger partial charge in [-0.3, -0.25) is 4.90 Å². The van der Waals surface area contributed by atoms with Gasteiger partial charge in [0.25, 0.3) is 0 Å². The lowest BCUT2D eigenvalue weighted by Gasteiger charge is -2.31. The van der Waals surface area contributed by atoms with E-state index in [2.05, 4.69) is 20.1 Å². The highest BCUT2D eigenvalue weighted by atomic mass is 16.5. The van der Waals surface area contributed by atoms with Gasteiger partial charge < -0.3 is 9.30 Å². The number of hydrogen-bond acceptors (Lipinski definition) is 5. The summed E-state index contributed by atoms with van der Waals surface area (Å²) in [4.78, 5) is 6.72. The molecule has 6 heteroatoms. The molecule has 3 heterocycles. The van der Waals surface area contributed by atoms with E-state index in [1.54, 1.807) is 12.5 Å². The topological polar surface area (TPSA) is 56.1 Å². The third-order valence-corrected chi connectivity index (χ3v) is 4.29. The van der Waals surface area contributed by atoms with Gasteiger partial charge in [0.05, 0.1) is 13.2 Å². The van der Waals surface area contributed by atoms with Crippen LogP contribution in [0.5, 0.6) is 5.88 Å². The maximum Gasteiger partial charge on any atom is 0.216 e. The normalized spacial score (nSPS) is 16.8. The smallest absolute Gasteiger partial charge is 0.216 e. The number of aromatic nitrogens is 4. The number of piperidine rings is 1. The van der Waals surface area contributed by atoms with E-state index in [0.717, 1.165) is 56.4 Å². The first-order valence-electron chi connectivity index (χ1n) is 7.82. The van der Waals surface area contributed by atoms with Crippen LogP contribution in [-0.4, -0.2) is 44.3 Å². The van der Waals surface area contributed by atoms with Crippen molar-refractivity contribution >= 4 is 0 Å². The van der Waals surface area contributed by atoms with Crippen molar-refractivity contribution in [1.29, 1.82) is 0 Å². The molecule has 22 heavy (non-hydrogen) atoms. The van der Waals surface area contributed by atoms with Crippen LogP contribution in [0.25, 0.3) is 0 Å². The molecule has 0 saturated carbocycles. The Morgan fingerprint density at radius 1 is 1.32 bits per heavy atom. The number of hydrogen-bond donors (Lipinski definition) is 0. The molecule has 2 aromatic heterocycles. The minimum Gasteiger partial charge on any atom is -0.477 e. The number of pyridine rings is 1. The van der Waals surface area contributed by atoms with Crippen molar-refractivity contribution in [2.24, 2.45) is 13.0 Å². The molecule has 0 aliphatic carbocycles. The first-order valence-corrected chi connectivity index (χ1v) is 7.82. The monoisotopic (exact) mass is 301 g/mol. The molecule has 1 saturated heterocycles. The van der Waals surface area contributed by atoms with Gasteiger partial charge >= 0.3 is 0 Å². The summed E-state index contributed by atoms with van der Waals surface area (Å²) in [6, 6.07) is 3.97. The van der Waals surface area contributed by atoms with Gasteiger partial charge in [-0.25, -0.2) is 4.98 Å². The van der Waals surface area contributed by atoms with Gasteiger partial charge in [0, 0.05) is 18.8 Å². The molecule has 1 aliphatic rings. The van der Waals surface area contributed by atoms with E-state index in [0.29, 0.717) is 5.92 Å². The van der Waals surface area contributed by atoms with E-state index in [1.807, 2.05) is 30.7 Å². The predicted octanol–water partition coefficient (Wildman–Crippen LogP) is 1.81. The van der Waals surface area contributed by atoms with Gasteiger partial charge in [-0.1, -0.05) is 6.07 Å². The SMILES string of the molecule is Cc1cccnc1OCC1CCN(Cc2nncn2C)CC1. The van der Waals surface area contributed by atoms with Crippen LogP contribution in [0.4, 0.5) is 0 Å². The second-order valence-corrected chi connectivity index (χ2v) is 6.01. The van der Waals surface area contributed by atoms with Crippen LogP contribution in [0.3, 0.4) is 0 Å². The Labute approximate surface area is 131 Å². The molecule has 1 fully saturated rings.